The average molecular weight is 230 g/mol. The van der Waals surface area contributed by atoms with Gasteiger partial charge in [0.2, 0.25) is 0 Å². The normalized spacial score (nSPS) is 12.5. The summed E-state index contributed by atoms with van der Waals surface area (Å²) in [5.41, 5.74) is 6.12. The van der Waals surface area contributed by atoms with Crippen LogP contribution in [0.2, 0.25) is 5.02 Å². The highest BCUT2D eigenvalue weighted by atomic mass is 35.5. The van der Waals surface area contributed by atoms with Crippen LogP contribution < -0.4 is 5.73 Å². The van der Waals surface area contributed by atoms with E-state index in [9.17, 15) is 9.50 Å². The quantitative estimate of drug-likeness (QED) is 0.780. The van der Waals surface area contributed by atoms with Crippen molar-refractivity contribution in [3.8, 4) is 5.75 Å². The largest absolute Gasteiger partial charge is 0.505 e. The first-order chi connectivity index (χ1) is 7.06. The van der Waals surface area contributed by atoms with Gasteiger partial charge >= 0.3 is 0 Å². The predicted molar refractivity (Wildman–Crippen MR) is 59.4 cm³/mol. The van der Waals surface area contributed by atoms with Crippen LogP contribution in [0.1, 0.15) is 24.4 Å². The van der Waals surface area contributed by atoms with Gasteiger partial charge in [0.15, 0.2) is 11.6 Å². The number of hydrogen-bond donors (Lipinski definition) is 2. The van der Waals surface area contributed by atoms with Crippen molar-refractivity contribution in [1.29, 1.82) is 0 Å². The van der Waals surface area contributed by atoms with Gasteiger partial charge in [-0.15, -0.1) is 6.58 Å². The standard InChI is InChI=1S/C11H13ClFNO/c1-2-3-4-10(14)8-5-7(12)6-9(13)11(8)15/h2,5-6,10,15H,1,3-4,14H2/t10-/m1/s1. The molecule has 1 aromatic carbocycles. The summed E-state index contributed by atoms with van der Waals surface area (Å²) in [7, 11) is 0. The number of allylic oxidation sites excluding steroid dienone is 1. The van der Waals surface area contributed by atoms with Crippen LogP contribution in [-0.4, -0.2) is 5.11 Å². The molecule has 0 saturated carbocycles. The van der Waals surface area contributed by atoms with E-state index in [4.69, 9.17) is 17.3 Å². The summed E-state index contributed by atoms with van der Waals surface area (Å²) < 4.78 is 13.1. The number of hydrogen-bond acceptors (Lipinski definition) is 2. The third-order valence-corrected chi connectivity index (χ3v) is 2.36. The zero-order valence-corrected chi connectivity index (χ0v) is 8.97. The van der Waals surface area contributed by atoms with Crippen LogP contribution in [0, 0.1) is 5.82 Å². The second-order valence-electron chi connectivity index (χ2n) is 3.30. The molecule has 3 N–H and O–H groups in total. The Labute approximate surface area is 93.2 Å². The van der Waals surface area contributed by atoms with Crippen LogP contribution in [0.3, 0.4) is 0 Å². The Morgan fingerprint density at radius 3 is 2.87 bits per heavy atom. The molecule has 0 bridgehead atoms. The van der Waals surface area contributed by atoms with Crippen LogP contribution in [0.15, 0.2) is 24.8 Å². The maximum absolute atomic E-state index is 13.1. The van der Waals surface area contributed by atoms with E-state index in [1.54, 1.807) is 6.08 Å². The van der Waals surface area contributed by atoms with E-state index >= 15 is 0 Å². The summed E-state index contributed by atoms with van der Waals surface area (Å²) in [5, 5.41) is 9.68. The van der Waals surface area contributed by atoms with Gasteiger partial charge in [0.1, 0.15) is 0 Å². The van der Waals surface area contributed by atoms with Crippen molar-refractivity contribution in [2.45, 2.75) is 18.9 Å². The number of halogens is 2. The van der Waals surface area contributed by atoms with Gasteiger partial charge in [0.05, 0.1) is 0 Å². The fraction of sp³-hybridized carbons (Fsp3) is 0.273. The number of phenolic OH excluding ortho intramolecular Hbond substituents is 1. The van der Waals surface area contributed by atoms with Crippen LogP contribution in [-0.2, 0) is 0 Å². The Bertz CT molecular complexity index is 368. The van der Waals surface area contributed by atoms with Crippen LogP contribution in [0.5, 0.6) is 5.75 Å². The number of aromatic hydroxyl groups is 1. The van der Waals surface area contributed by atoms with Crippen LogP contribution in [0.25, 0.3) is 0 Å². The molecular weight excluding hydrogens is 217 g/mol. The molecule has 2 nitrogen and oxygen atoms in total. The van der Waals surface area contributed by atoms with Gasteiger partial charge in [-0.05, 0) is 25.0 Å². The van der Waals surface area contributed by atoms with Crippen molar-refractivity contribution in [2.75, 3.05) is 0 Å². The van der Waals surface area contributed by atoms with Crippen molar-refractivity contribution in [1.82, 2.24) is 0 Å². The summed E-state index contributed by atoms with van der Waals surface area (Å²) in [4.78, 5) is 0. The zero-order chi connectivity index (χ0) is 11.4. The SMILES string of the molecule is C=CCC[C@@H](N)c1cc(Cl)cc(F)c1O. The number of nitrogens with two attached hydrogens (primary N) is 1. The summed E-state index contributed by atoms with van der Waals surface area (Å²) in [6, 6.07) is 2.10. The van der Waals surface area contributed by atoms with Gasteiger partial charge in [-0.1, -0.05) is 17.7 Å². The first kappa shape index (κ1) is 12.0. The Balaban J connectivity index is 2.96. The highest BCUT2D eigenvalue weighted by molar-refractivity contribution is 6.30. The topological polar surface area (TPSA) is 46.2 Å². The molecule has 0 heterocycles. The molecular formula is C11H13ClFNO. The van der Waals surface area contributed by atoms with Crippen LogP contribution in [0.4, 0.5) is 4.39 Å². The smallest absolute Gasteiger partial charge is 0.166 e. The molecule has 0 spiro atoms. The third kappa shape index (κ3) is 2.94. The minimum absolute atomic E-state index is 0.231. The summed E-state index contributed by atoms with van der Waals surface area (Å²) in [6.45, 7) is 3.57. The molecule has 4 heteroatoms. The van der Waals surface area contributed by atoms with E-state index in [0.29, 0.717) is 18.4 Å². The Kier molecular flexibility index (Phi) is 4.12. The van der Waals surface area contributed by atoms with Crippen molar-refractivity contribution in [3.63, 3.8) is 0 Å². The lowest BCUT2D eigenvalue weighted by Crippen LogP contribution is -2.10. The molecule has 0 aliphatic rings. The fourth-order valence-corrected chi connectivity index (χ4v) is 1.53. The van der Waals surface area contributed by atoms with Gasteiger partial charge in [-0.2, -0.15) is 0 Å². The molecule has 15 heavy (non-hydrogen) atoms. The second kappa shape index (κ2) is 5.14. The van der Waals surface area contributed by atoms with Gasteiger partial charge in [-0.25, -0.2) is 4.39 Å². The average Bonchev–Trinajstić information content (AvgIpc) is 2.19. The van der Waals surface area contributed by atoms with Crippen molar-refractivity contribution >= 4 is 11.6 Å². The molecule has 0 aliphatic carbocycles. The molecule has 1 rings (SSSR count). The third-order valence-electron chi connectivity index (χ3n) is 2.14. The summed E-state index contributed by atoms with van der Waals surface area (Å²) in [6.07, 6.45) is 3.02. The van der Waals surface area contributed by atoms with Crippen molar-refractivity contribution in [2.24, 2.45) is 5.73 Å². The minimum Gasteiger partial charge on any atom is -0.505 e. The van der Waals surface area contributed by atoms with Crippen LogP contribution >= 0.6 is 11.6 Å². The summed E-state index contributed by atoms with van der Waals surface area (Å²) in [5.74, 6) is -1.16. The maximum Gasteiger partial charge on any atom is 0.166 e. The minimum atomic E-state index is -0.744. The molecule has 0 fully saturated rings. The first-order valence-corrected chi connectivity index (χ1v) is 4.98. The molecule has 0 aromatic heterocycles. The number of rotatable bonds is 4. The van der Waals surface area contributed by atoms with Gasteiger partial charge in [-0.3, -0.25) is 0 Å². The fourth-order valence-electron chi connectivity index (χ4n) is 1.32. The van der Waals surface area contributed by atoms with Crippen molar-refractivity contribution in [3.05, 3.63) is 41.2 Å². The maximum atomic E-state index is 13.1. The Hall–Kier alpha value is -1.06. The zero-order valence-electron chi connectivity index (χ0n) is 8.21. The van der Waals surface area contributed by atoms with E-state index in [2.05, 4.69) is 6.58 Å². The summed E-state index contributed by atoms with van der Waals surface area (Å²) >= 11 is 5.67. The highest BCUT2D eigenvalue weighted by Crippen LogP contribution is 2.31. The van der Waals surface area contributed by atoms with Crippen molar-refractivity contribution < 1.29 is 9.50 Å². The van der Waals surface area contributed by atoms with Gasteiger partial charge in [0.25, 0.3) is 0 Å². The van der Waals surface area contributed by atoms with Gasteiger partial charge in [0, 0.05) is 16.6 Å². The molecule has 82 valence electrons. The predicted octanol–water partition coefficient (Wildman–Crippen LogP) is 3.15. The Morgan fingerprint density at radius 1 is 1.60 bits per heavy atom. The lowest BCUT2D eigenvalue weighted by Gasteiger charge is -2.13. The van der Waals surface area contributed by atoms with E-state index in [0.717, 1.165) is 6.07 Å². The molecule has 0 aliphatic heterocycles. The van der Waals surface area contributed by atoms with E-state index < -0.39 is 17.6 Å². The second-order valence-corrected chi connectivity index (χ2v) is 3.73. The monoisotopic (exact) mass is 229 g/mol. The molecule has 0 saturated heterocycles. The first-order valence-electron chi connectivity index (χ1n) is 4.60. The molecule has 0 radical (unpaired) electrons. The molecule has 1 atom stereocenters. The number of phenols is 1. The van der Waals surface area contributed by atoms with Gasteiger partial charge < -0.3 is 10.8 Å². The lowest BCUT2D eigenvalue weighted by molar-refractivity contribution is 0.419. The van der Waals surface area contributed by atoms with E-state index in [1.807, 2.05) is 0 Å². The Morgan fingerprint density at radius 2 is 2.27 bits per heavy atom. The molecule has 0 amide bonds. The number of benzene rings is 1. The molecule has 0 unspecified atom stereocenters. The van der Waals surface area contributed by atoms with E-state index in [1.165, 1.54) is 6.07 Å². The van der Waals surface area contributed by atoms with E-state index in [-0.39, 0.29) is 5.02 Å². The molecule has 1 aromatic rings. The highest BCUT2D eigenvalue weighted by Gasteiger charge is 2.14. The lowest BCUT2D eigenvalue weighted by atomic mass is 10.0.